The minimum Gasteiger partial charge on any atom is -0.317 e. The van der Waals surface area contributed by atoms with E-state index in [9.17, 15) is 18.0 Å². The third kappa shape index (κ3) is 5.73. The van der Waals surface area contributed by atoms with Gasteiger partial charge >= 0.3 is 0 Å². The molecular weight excluding hydrogens is 565 g/mol. The summed E-state index contributed by atoms with van der Waals surface area (Å²) in [6, 6.07) is 9.62. The first kappa shape index (κ1) is 30.6. The molecule has 42 heavy (non-hydrogen) atoms. The van der Waals surface area contributed by atoms with Crippen molar-refractivity contribution >= 4 is 38.1 Å². The monoisotopic (exact) mass is 606 g/mol. The lowest BCUT2D eigenvalue weighted by molar-refractivity contribution is -0.120. The highest BCUT2D eigenvalue weighted by molar-refractivity contribution is 7.89. The van der Waals surface area contributed by atoms with Gasteiger partial charge in [0, 0.05) is 29.4 Å². The number of piperidine rings is 1. The van der Waals surface area contributed by atoms with Crippen molar-refractivity contribution in [1.29, 1.82) is 0 Å². The number of aryl methyl sites for hydroxylation is 3. The molecule has 1 aliphatic heterocycles. The van der Waals surface area contributed by atoms with Gasteiger partial charge in [-0.3, -0.25) is 9.59 Å². The van der Waals surface area contributed by atoms with Crippen LogP contribution in [0.5, 0.6) is 0 Å². The molecule has 1 N–H and O–H groups in total. The Morgan fingerprint density at radius 1 is 0.952 bits per heavy atom. The fourth-order valence-corrected chi connectivity index (χ4v) is 9.90. The highest BCUT2D eigenvalue weighted by atomic mass is 32.2. The topological polar surface area (TPSA) is 83.6 Å². The number of ketones is 1. The Labute approximate surface area is 254 Å². The van der Waals surface area contributed by atoms with Crippen LogP contribution in [0.1, 0.15) is 87.3 Å². The summed E-state index contributed by atoms with van der Waals surface area (Å²) < 4.78 is 29.0. The SMILES string of the molecule is Cc1ccc(C(=O)c2c(NC(=O)C3CCN(S(=O)(=O)c4c(C)c(C)cc(C)c4C)CC3)sc3c2CCC(C)(C)C3)cc1. The predicted octanol–water partition coefficient (Wildman–Crippen LogP) is 7.08. The zero-order valence-corrected chi connectivity index (χ0v) is 27.4. The number of carbonyl (C=O) groups excluding carboxylic acids is 2. The van der Waals surface area contributed by atoms with E-state index in [4.69, 9.17) is 0 Å². The Balaban J connectivity index is 1.36. The zero-order valence-electron chi connectivity index (χ0n) is 25.8. The number of carbonyl (C=O) groups is 2. The number of sulfonamides is 1. The maximum atomic E-state index is 13.8. The summed E-state index contributed by atoms with van der Waals surface area (Å²) in [5.41, 5.74) is 7.05. The van der Waals surface area contributed by atoms with E-state index in [-0.39, 0.29) is 36.1 Å². The molecule has 0 atom stereocenters. The number of thiophene rings is 1. The van der Waals surface area contributed by atoms with E-state index in [1.807, 2.05) is 65.0 Å². The molecule has 3 aromatic rings. The number of benzene rings is 2. The van der Waals surface area contributed by atoms with E-state index in [1.165, 1.54) is 20.5 Å². The highest BCUT2D eigenvalue weighted by Crippen LogP contribution is 2.45. The van der Waals surface area contributed by atoms with Crippen molar-refractivity contribution in [2.24, 2.45) is 11.3 Å². The largest absolute Gasteiger partial charge is 0.317 e. The average Bonchev–Trinajstić information content (AvgIpc) is 3.27. The fourth-order valence-electron chi connectivity index (χ4n) is 6.35. The number of anilines is 1. The Bertz CT molecular complexity index is 1630. The molecule has 0 spiro atoms. The number of hydrogen-bond donors (Lipinski definition) is 1. The van der Waals surface area contributed by atoms with Gasteiger partial charge in [-0.25, -0.2) is 8.42 Å². The van der Waals surface area contributed by atoms with Crippen LogP contribution in [0, 0.1) is 46.0 Å². The first-order chi connectivity index (χ1) is 19.7. The Morgan fingerprint density at radius 3 is 2.14 bits per heavy atom. The summed E-state index contributed by atoms with van der Waals surface area (Å²) in [6.45, 7) is 14.7. The molecule has 6 nitrogen and oxygen atoms in total. The Kier molecular flexibility index (Phi) is 8.29. The molecule has 1 saturated heterocycles. The number of amides is 1. The van der Waals surface area contributed by atoms with Crippen LogP contribution in [0.15, 0.2) is 35.2 Å². The normalized spacial score (nSPS) is 17.6. The summed E-state index contributed by atoms with van der Waals surface area (Å²) in [5.74, 6) is -0.514. The number of nitrogens with zero attached hydrogens (tertiary/aromatic N) is 1. The third-order valence-corrected chi connectivity index (χ3v) is 12.6. The van der Waals surface area contributed by atoms with E-state index in [0.717, 1.165) is 52.6 Å². The van der Waals surface area contributed by atoms with Gasteiger partial charge in [0.15, 0.2) is 5.78 Å². The van der Waals surface area contributed by atoms with Crippen LogP contribution in [-0.2, 0) is 27.7 Å². The van der Waals surface area contributed by atoms with Crippen molar-refractivity contribution < 1.29 is 18.0 Å². The van der Waals surface area contributed by atoms with Crippen LogP contribution >= 0.6 is 11.3 Å². The standard InChI is InChI=1S/C34H42N2O4S2/c1-20-8-10-25(11-9-20)30(37)29-27-12-15-34(6,7)19-28(27)41-33(29)35-32(38)26-13-16-36(17-14-26)42(39,40)31-23(4)21(2)18-22(3)24(31)5/h8-11,18,26H,12-17,19H2,1-7H3,(H,35,38). The molecule has 2 heterocycles. The minimum absolute atomic E-state index is 0.0531. The van der Waals surface area contributed by atoms with E-state index >= 15 is 0 Å². The van der Waals surface area contributed by atoms with Crippen LogP contribution in [0.3, 0.4) is 0 Å². The summed E-state index contributed by atoms with van der Waals surface area (Å²) in [4.78, 5) is 29.0. The maximum Gasteiger partial charge on any atom is 0.243 e. The molecule has 5 rings (SSSR count). The van der Waals surface area contributed by atoms with Gasteiger partial charge in [0.1, 0.15) is 5.00 Å². The van der Waals surface area contributed by atoms with E-state index in [0.29, 0.717) is 33.9 Å². The minimum atomic E-state index is -3.68. The molecule has 1 aliphatic carbocycles. The van der Waals surface area contributed by atoms with Crippen LogP contribution in [0.4, 0.5) is 5.00 Å². The predicted molar refractivity (Wildman–Crippen MR) is 170 cm³/mol. The van der Waals surface area contributed by atoms with E-state index in [1.54, 1.807) is 0 Å². The number of nitrogens with one attached hydrogen (secondary N) is 1. The Hall–Kier alpha value is -2.81. The second-order valence-electron chi connectivity index (χ2n) is 13.0. The first-order valence-electron chi connectivity index (χ1n) is 14.8. The molecule has 1 amide bonds. The maximum absolute atomic E-state index is 13.8. The van der Waals surface area contributed by atoms with E-state index < -0.39 is 10.0 Å². The quantitative estimate of drug-likeness (QED) is 0.304. The van der Waals surface area contributed by atoms with Crippen LogP contribution < -0.4 is 5.32 Å². The first-order valence-corrected chi connectivity index (χ1v) is 17.1. The van der Waals surface area contributed by atoms with Crippen LogP contribution in [0.25, 0.3) is 0 Å². The number of fused-ring (bicyclic) bond motifs is 1. The van der Waals surface area contributed by atoms with Crippen molar-refractivity contribution in [3.63, 3.8) is 0 Å². The van der Waals surface area contributed by atoms with Crippen molar-refractivity contribution in [2.45, 2.75) is 85.5 Å². The summed E-state index contributed by atoms with van der Waals surface area (Å²) in [6.07, 6.45) is 3.56. The van der Waals surface area contributed by atoms with Crippen molar-refractivity contribution in [3.05, 3.63) is 79.7 Å². The molecule has 0 saturated carbocycles. The molecule has 1 fully saturated rings. The molecule has 0 radical (unpaired) electrons. The van der Waals surface area contributed by atoms with Gasteiger partial charge in [-0.1, -0.05) is 49.7 Å². The molecule has 8 heteroatoms. The van der Waals surface area contributed by atoms with Gasteiger partial charge in [-0.05, 0) is 100.0 Å². The molecule has 1 aromatic heterocycles. The smallest absolute Gasteiger partial charge is 0.243 e. The number of hydrogen-bond acceptors (Lipinski definition) is 5. The van der Waals surface area contributed by atoms with Crippen LogP contribution in [-0.4, -0.2) is 37.5 Å². The summed E-state index contributed by atoms with van der Waals surface area (Å²) in [5, 5.41) is 3.77. The lowest BCUT2D eigenvalue weighted by atomic mass is 9.76. The highest BCUT2D eigenvalue weighted by Gasteiger charge is 2.36. The molecule has 0 bridgehead atoms. The molecule has 224 valence electrons. The van der Waals surface area contributed by atoms with Crippen molar-refractivity contribution in [3.8, 4) is 0 Å². The van der Waals surface area contributed by atoms with Crippen LogP contribution in [0.2, 0.25) is 0 Å². The third-order valence-electron chi connectivity index (χ3n) is 9.28. The molecular formula is C34H42N2O4S2. The number of rotatable bonds is 6. The van der Waals surface area contributed by atoms with Gasteiger partial charge in [-0.15, -0.1) is 11.3 Å². The molecule has 2 aromatic carbocycles. The second-order valence-corrected chi connectivity index (χ2v) is 16.0. The molecule has 0 unspecified atom stereocenters. The zero-order chi connectivity index (χ0) is 30.6. The van der Waals surface area contributed by atoms with Crippen molar-refractivity contribution in [1.82, 2.24) is 4.31 Å². The van der Waals surface area contributed by atoms with Gasteiger partial charge in [0.05, 0.1) is 10.5 Å². The van der Waals surface area contributed by atoms with E-state index in [2.05, 4.69) is 19.2 Å². The van der Waals surface area contributed by atoms with Crippen molar-refractivity contribution in [2.75, 3.05) is 18.4 Å². The fraction of sp³-hybridized carbons (Fsp3) is 0.471. The average molecular weight is 607 g/mol. The summed E-state index contributed by atoms with van der Waals surface area (Å²) >= 11 is 1.53. The molecule has 2 aliphatic rings. The van der Waals surface area contributed by atoms with Gasteiger partial charge in [0.2, 0.25) is 15.9 Å². The lowest BCUT2D eigenvalue weighted by Gasteiger charge is -2.31. The van der Waals surface area contributed by atoms with Gasteiger partial charge in [-0.2, -0.15) is 4.31 Å². The van der Waals surface area contributed by atoms with Gasteiger partial charge in [0.25, 0.3) is 0 Å². The van der Waals surface area contributed by atoms with Gasteiger partial charge < -0.3 is 5.32 Å². The Morgan fingerprint density at radius 2 is 1.55 bits per heavy atom. The summed E-state index contributed by atoms with van der Waals surface area (Å²) in [7, 11) is -3.68. The lowest BCUT2D eigenvalue weighted by Crippen LogP contribution is -2.42. The second kappa shape index (κ2) is 11.4.